The van der Waals surface area contributed by atoms with Crippen LogP contribution in [0.5, 0.6) is 0 Å². The Morgan fingerprint density at radius 1 is 1.50 bits per heavy atom. The van der Waals surface area contributed by atoms with Crippen LogP contribution in [-0.4, -0.2) is 37.1 Å². The van der Waals surface area contributed by atoms with Gasteiger partial charge in [0.15, 0.2) is 0 Å². The van der Waals surface area contributed by atoms with Gasteiger partial charge in [-0.2, -0.15) is 4.31 Å². The summed E-state index contributed by atoms with van der Waals surface area (Å²) in [4.78, 5) is 4.30. The van der Waals surface area contributed by atoms with Crippen LogP contribution in [0.25, 0.3) is 0 Å². The SMILES string of the molecule is CNc1cccc(CN2CCCS2(=O)=O)n1. The number of rotatable bonds is 3. The second kappa shape index (κ2) is 4.39. The Bertz CT molecular complexity index is 473. The molecule has 0 atom stereocenters. The van der Waals surface area contributed by atoms with Crippen molar-refractivity contribution < 1.29 is 8.42 Å². The van der Waals surface area contributed by atoms with Gasteiger partial charge in [0, 0.05) is 13.6 Å². The number of nitrogens with zero attached hydrogens (tertiary/aromatic N) is 2. The van der Waals surface area contributed by atoms with Gasteiger partial charge in [0.2, 0.25) is 10.0 Å². The Labute approximate surface area is 95.5 Å². The van der Waals surface area contributed by atoms with E-state index in [0.717, 1.165) is 11.5 Å². The van der Waals surface area contributed by atoms with Gasteiger partial charge in [-0.25, -0.2) is 13.4 Å². The molecular weight excluding hydrogens is 226 g/mol. The monoisotopic (exact) mass is 241 g/mol. The van der Waals surface area contributed by atoms with Gasteiger partial charge in [-0.15, -0.1) is 0 Å². The minimum absolute atomic E-state index is 0.263. The lowest BCUT2D eigenvalue weighted by Gasteiger charge is -2.13. The zero-order valence-electron chi connectivity index (χ0n) is 9.18. The summed E-state index contributed by atoms with van der Waals surface area (Å²) in [5, 5.41) is 2.93. The van der Waals surface area contributed by atoms with E-state index in [1.54, 1.807) is 7.05 Å². The summed E-state index contributed by atoms with van der Waals surface area (Å²) < 4.78 is 24.7. The van der Waals surface area contributed by atoms with Gasteiger partial charge >= 0.3 is 0 Å². The van der Waals surface area contributed by atoms with Crippen molar-refractivity contribution in [2.45, 2.75) is 13.0 Å². The van der Waals surface area contributed by atoms with Crippen LogP contribution in [0.3, 0.4) is 0 Å². The summed E-state index contributed by atoms with van der Waals surface area (Å²) in [7, 11) is -1.24. The number of nitrogens with one attached hydrogen (secondary N) is 1. The Morgan fingerprint density at radius 3 is 2.94 bits per heavy atom. The van der Waals surface area contributed by atoms with E-state index < -0.39 is 10.0 Å². The molecule has 1 aromatic rings. The summed E-state index contributed by atoms with van der Waals surface area (Å²) in [5.74, 6) is 1.02. The van der Waals surface area contributed by atoms with Crippen LogP contribution in [0.15, 0.2) is 18.2 Å². The molecule has 1 aliphatic rings. The van der Waals surface area contributed by atoms with Crippen molar-refractivity contribution in [3.8, 4) is 0 Å². The normalized spacial score (nSPS) is 19.8. The highest BCUT2D eigenvalue weighted by Crippen LogP contribution is 2.16. The Balaban J connectivity index is 2.15. The summed E-state index contributed by atoms with van der Waals surface area (Å²) >= 11 is 0. The fourth-order valence-electron chi connectivity index (χ4n) is 1.76. The van der Waals surface area contributed by atoms with Crippen LogP contribution >= 0.6 is 0 Å². The number of hydrogen-bond acceptors (Lipinski definition) is 4. The minimum Gasteiger partial charge on any atom is -0.373 e. The highest BCUT2D eigenvalue weighted by Gasteiger charge is 2.28. The van der Waals surface area contributed by atoms with Gasteiger partial charge in [-0.1, -0.05) is 6.07 Å². The molecule has 0 bridgehead atoms. The molecule has 0 unspecified atom stereocenters. The molecule has 1 aliphatic heterocycles. The first-order chi connectivity index (χ1) is 7.62. The number of hydrogen-bond donors (Lipinski definition) is 1. The van der Waals surface area contributed by atoms with Gasteiger partial charge in [0.05, 0.1) is 18.0 Å². The molecule has 0 aliphatic carbocycles. The van der Waals surface area contributed by atoms with Crippen molar-refractivity contribution in [1.29, 1.82) is 0 Å². The van der Waals surface area contributed by atoms with Crippen LogP contribution in [0.4, 0.5) is 5.82 Å². The van der Waals surface area contributed by atoms with E-state index in [1.165, 1.54) is 4.31 Å². The van der Waals surface area contributed by atoms with Gasteiger partial charge in [0.25, 0.3) is 0 Å². The first-order valence-electron chi connectivity index (χ1n) is 5.23. The molecule has 1 fully saturated rings. The molecule has 5 nitrogen and oxygen atoms in total. The lowest BCUT2D eigenvalue weighted by molar-refractivity contribution is 0.435. The predicted molar refractivity (Wildman–Crippen MR) is 62.6 cm³/mol. The number of sulfonamides is 1. The maximum Gasteiger partial charge on any atom is 0.214 e. The molecular formula is C10H15N3O2S. The highest BCUT2D eigenvalue weighted by atomic mass is 32.2. The molecule has 1 N–H and O–H groups in total. The fraction of sp³-hybridized carbons (Fsp3) is 0.500. The molecule has 0 saturated carbocycles. The van der Waals surface area contributed by atoms with Crippen LogP contribution in [0, 0.1) is 0 Å². The van der Waals surface area contributed by atoms with Gasteiger partial charge in [-0.3, -0.25) is 0 Å². The third kappa shape index (κ3) is 2.33. The van der Waals surface area contributed by atoms with Gasteiger partial charge < -0.3 is 5.32 Å². The standard InChI is InChI=1S/C10H15N3O2S/c1-11-10-5-2-4-9(12-10)8-13-6-3-7-16(13,14)15/h2,4-5H,3,6-8H2,1H3,(H,11,12). The molecule has 2 rings (SSSR count). The van der Waals surface area contributed by atoms with Crippen molar-refractivity contribution >= 4 is 15.8 Å². The lowest BCUT2D eigenvalue weighted by atomic mass is 10.3. The third-order valence-electron chi connectivity index (χ3n) is 2.60. The predicted octanol–water partition coefficient (Wildman–Crippen LogP) is 0.659. The zero-order valence-corrected chi connectivity index (χ0v) is 10.00. The van der Waals surface area contributed by atoms with Gasteiger partial charge in [0.1, 0.15) is 5.82 Å². The van der Waals surface area contributed by atoms with E-state index in [2.05, 4.69) is 10.3 Å². The molecule has 0 spiro atoms. The van der Waals surface area contributed by atoms with Crippen molar-refractivity contribution in [2.75, 3.05) is 24.7 Å². The van der Waals surface area contributed by atoms with Crippen molar-refractivity contribution in [2.24, 2.45) is 0 Å². The van der Waals surface area contributed by atoms with Crippen LogP contribution in [-0.2, 0) is 16.6 Å². The number of pyridine rings is 1. The molecule has 0 amide bonds. The molecule has 1 aromatic heterocycles. The third-order valence-corrected chi connectivity index (χ3v) is 4.51. The summed E-state index contributed by atoms with van der Waals surface area (Å²) in [6.07, 6.45) is 0.716. The lowest BCUT2D eigenvalue weighted by Crippen LogP contribution is -2.25. The minimum atomic E-state index is -3.03. The molecule has 2 heterocycles. The highest BCUT2D eigenvalue weighted by molar-refractivity contribution is 7.89. The van der Waals surface area contributed by atoms with Crippen LogP contribution < -0.4 is 5.32 Å². The summed E-state index contributed by atoms with van der Waals surface area (Å²) in [6, 6.07) is 5.56. The van der Waals surface area contributed by atoms with Crippen molar-refractivity contribution in [3.05, 3.63) is 23.9 Å². The molecule has 0 radical (unpaired) electrons. The van der Waals surface area contributed by atoms with E-state index in [9.17, 15) is 8.42 Å². The molecule has 0 aromatic carbocycles. The molecule has 6 heteroatoms. The smallest absolute Gasteiger partial charge is 0.214 e. The van der Waals surface area contributed by atoms with Crippen molar-refractivity contribution in [3.63, 3.8) is 0 Å². The van der Waals surface area contributed by atoms with Crippen LogP contribution in [0.1, 0.15) is 12.1 Å². The Hall–Kier alpha value is -1.14. The zero-order chi connectivity index (χ0) is 11.6. The maximum atomic E-state index is 11.6. The van der Waals surface area contributed by atoms with E-state index in [4.69, 9.17) is 0 Å². The first kappa shape index (κ1) is 11.3. The quantitative estimate of drug-likeness (QED) is 0.844. The topological polar surface area (TPSA) is 62.3 Å². The van der Waals surface area contributed by atoms with Gasteiger partial charge in [-0.05, 0) is 18.6 Å². The largest absolute Gasteiger partial charge is 0.373 e. The van der Waals surface area contributed by atoms with E-state index >= 15 is 0 Å². The summed E-state index contributed by atoms with van der Waals surface area (Å²) in [6.45, 7) is 0.978. The average Bonchev–Trinajstić information content (AvgIpc) is 2.59. The Morgan fingerprint density at radius 2 is 2.31 bits per heavy atom. The molecule has 16 heavy (non-hydrogen) atoms. The first-order valence-corrected chi connectivity index (χ1v) is 6.84. The fourth-order valence-corrected chi connectivity index (χ4v) is 3.24. The summed E-state index contributed by atoms with van der Waals surface area (Å²) in [5.41, 5.74) is 0.775. The van der Waals surface area contributed by atoms with Crippen LogP contribution in [0.2, 0.25) is 0 Å². The van der Waals surface area contributed by atoms with E-state index in [1.807, 2.05) is 18.2 Å². The molecule has 88 valence electrons. The van der Waals surface area contributed by atoms with E-state index in [0.29, 0.717) is 19.5 Å². The number of aromatic nitrogens is 1. The van der Waals surface area contributed by atoms with E-state index in [-0.39, 0.29) is 5.75 Å². The second-order valence-corrected chi connectivity index (χ2v) is 5.86. The number of anilines is 1. The van der Waals surface area contributed by atoms with Crippen molar-refractivity contribution in [1.82, 2.24) is 9.29 Å². The average molecular weight is 241 g/mol. The maximum absolute atomic E-state index is 11.6. The molecule has 1 saturated heterocycles. The Kier molecular flexibility index (Phi) is 3.11. The second-order valence-electron chi connectivity index (χ2n) is 3.77.